The Labute approximate surface area is 76.4 Å². The van der Waals surface area contributed by atoms with Gasteiger partial charge in [0.15, 0.2) is 0 Å². The van der Waals surface area contributed by atoms with E-state index in [0.29, 0.717) is 6.54 Å². The van der Waals surface area contributed by atoms with Crippen molar-refractivity contribution in [1.29, 1.82) is 0 Å². The molecule has 0 unspecified atom stereocenters. The number of rotatable bonds is 4. The van der Waals surface area contributed by atoms with Crippen molar-refractivity contribution in [3.8, 4) is 0 Å². The molecule has 66 valence electrons. The van der Waals surface area contributed by atoms with E-state index in [9.17, 15) is 0 Å². The summed E-state index contributed by atoms with van der Waals surface area (Å²) in [5.74, 6) is 0.742. The molecule has 0 spiro atoms. The van der Waals surface area contributed by atoms with Gasteiger partial charge >= 0.3 is 0 Å². The first-order valence-corrected chi connectivity index (χ1v) is 4.87. The highest BCUT2D eigenvalue weighted by molar-refractivity contribution is 7.09. The van der Waals surface area contributed by atoms with Gasteiger partial charge in [0.05, 0.1) is 17.9 Å². The summed E-state index contributed by atoms with van der Waals surface area (Å²) in [6, 6.07) is 0. The minimum Gasteiger partial charge on any atom is -0.387 e. The molecule has 3 nitrogen and oxygen atoms in total. The van der Waals surface area contributed by atoms with Gasteiger partial charge < -0.3 is 5.73 Å². The zero-order valence-corrected chi connectivity index (χ0v) is 7.97. The highest BCUT2D eigenvalue weighted by Gasteiger charge is 1.93. The van der Waals surface area contributed by atoms with Crippen molar-refractivity contribution in [2.45, 2.75) is 26.3 Å². The van der Waals surface area contributed by atoms with Crippen molar-refractivity contribution >= 4 is 17.2 Å². The van der Waals surface area contributed by atoms with Gasteiger partial charge in [-0.25, -0.2) is 0 Å². The average Bonchev–Trinajstić information content (AvgIpc) is 2.53. The van der Waals surface area contributed by atoms with Gasteiger partial charge in [-0.05, 0) is 6.42 Å². The van der Waals surface area contributed by atoms with E-state index in [0.717, 1.165) is 23.6 Å². The van der Waals surface area contributed by atoms with E-state index < -0.39 is 0 Å². The van der Waals surface area contributed by atoms with Crippen LogP contribution < -0.4 is 5.73 Å². The molecular formula is C8H13N3S. The van der Waals surface area contributed by atoms with Gasteiger partial charge in [-0.2, -0.15) is 0 Å². The lowest BCUT2D eigenvalue weighted by molar-refractivity contribution is 0.958. The fraction of sp³-hybridized carbons (Fsp3) is 0.500. The van der Waals surface area contributed by atoms with Crippen LogP contribution in [0.15, 0.2) is 16.7 Å². The van der Waals surface area contributed by atoms with Gasteiger partial charge in [0.2, 0.25) is 0 Å². The number of thiazole rings is 1. The first-order chi connectivity index (χ1) is 5.83. The van der Waals surface area contributed by atoms with E-state index in [1.54, 1.807) is 16.8 Å². The van der Waals surface area contributed by atoms with Crippen molar-refractivity contribution in [2.24, 2.45) is 10.7 Å². The minimum atomic E-state index is 0.677. The second-order valence-corrected chi connectivity index (χ2v) is 3.50. The zero-order valence-electron chi connectivity index (χ0n) is 7.16. The monoisotopic (exact) mass is 183 g/mol. The SMILES string of the molecule is CCCC(N)=NCc1cncs1. The van der Waals surface area contributed by atoms with Gasteiger partial charge in [-0.15, -0.1) is 11.3 Å². The first-order valence-electron chi connectivity index (χ1n) is 3.99. The summed E-state index contributed by atoms with van der Waals surface area (Å²) in [5, 5.41) is 0. The van der Waals surface area contributed by atoms with Crippen molar-refractivity contribution in [3.63, 3.8) is 0 Å². The van der Waals surface area contributed by atoms with Crippen LogP contribution in [0.4, 0.5) is 0 Å². The lowest BCUT2D eigenvalue weighted by Crippen LogP contribution is -2.10. The molecule has 0 atom stereocenters. The summed E-state index contributed by atoms with van der Waals surface area (Å²) in [7, 11) is 0. The van der Waals surface area contributed by atoms with Crippen molar-refractivity contribution < 1.29 is 0 Å². The van der Waals surface area contributed by atoms with Crippen LogP contribution in [0.2, 0.25) is 0 Å². The van der Waals surface area contributed by atoms with E-state index in [2.05, 4.69) is 16.9 Å². The maximum absolute atomic E-state index is 5.64. The van der Waals surface area contributed by atoms with E-state index >= 15 is 0 Å². The van der Waals surface area contributed by atoms with Gasteiger partial charge in [-0.1, -0.05) is 6.92 Å². The lowest BCUT2D eigenvalue weighted by atomic mass is 10.3. The molecule has 1 heterocycles. The Morgan fingerprint density at radius 1 is 1.75 bits per heavy atom. The molecule has 0 aromatic carbocycles. The predicted molar refractivity (Wildman–Crippen MR) is 52.3 cm³/mol. The van der Waals surface area contributed by atoms with Crippen LogP contribution in [-0.4, -0.2) is 10.8 Å². The molecular weight excluding hydrogens is 170 g/mol. The molecule has 0 bridgehead atoms. The largest absolute Gasteiger partial charge is 0.387 e. The molecule has 1 rings (SSSR count). The van der Waals surface area contributed by atoms with E-state index in [1.807, 2.05) is 6.20 Å². The number of nitrogens with zero attached hydrogens (tertiary/aromatic N) is 2. The van der Waals surface area contributed by atoms with Gasteiger partial charge in [0.25, 0.3) is 0 Å². The highest BCUT2D eigenvalue weighted by Crippen LogP contribution is 2.06. The molecule has 4 heteroatoms. The molecule has 0 saturated heterocycles. The Morgan fingerprint density at radius 3 is 3.17 bits per heavy atom. The molecule has 1 aromatic heterocycles. The van der Waals surface area contributed by atoms with Crippen LogP contribution in [0.1, 0.15) is 24.6 Å². The molecule has 1 aromatic rings. The molecule has 12 heavy (non-hydrogen) atoms. The topological polar surface area (TPSA) is 51.3 Å². The minimum absolute atomic E-state index is 0.677. The van der Waals surface area contributed by atoms with Crippen LogP contribution in [0, 0.1) is 0 Å². The maximum atomic E-state index is 5.64. The summed E-state index contributed by atoms with van der Waals surface area (Å²) < 4.78 is 0. The van der Waals surface area contributed by atoms with E-state index in [-0.39, 0.29) is 0 Å². The number of aliphatic imine (C=N–C) groups is 1. The molecule has 0 radical (unpaired) electrons. The summed E-state index contributed by atoms with van der Waals surface area (Å²) in [4.78, 5) is 9.34. The van der Waals surface area contributed by atoms with Gasteiger partial charge in [-0.3, -0.25) is 9.98 Å². The van der Waals surface area contributed by atoms with Crippen molar-refractivity contribution in [3.05, 3.63) is 16.6 Å². The quantitative estimate of drug-likeness (QED) is 0.571. The fourth-order valence-electron chi connectivity index (χ4n) is 0.835. The Morgan fingerprint density at radius 2 is 2.58 bits per heavy atom. The summed E-state index contributed by atoms with van der Waals surface area (Å²) in [5.41, 5.74) is 7.44. The highest BCUT2D eigenvalue weighted by atomic mass is 32.1. The molecule has 0 aliphatic rings. The van der Waals surface area contributed by atoms with Gasteiger partial charge in [0, 0.05) is 17.5 Å². The Bertz CT molecular complexity index is 241. The third kappa shape index (κ3) is 3.00. The van der Waals surface area contributed by atoms with E-state index in [4.69, 9.17) is 5.73 Å². The summed E-state index contributed by atoms with van der Waals surface area (Å²) in [6.45, 7) is 2.77. The third-order valence-electron chi connectivity index (χ3n) is 1.43. The third-order valence-corrected chi connectivity index (χ3v) is 2.19. The number of hydrogen-bond acceptors (Lipinski definition) is 3. The Balaban J connectivity index is 2.38. The van der Waals surface area contributed by atoms with Crippen LogP contribution in [0.25, 0.3) is 0 Å². The van der Waals surface area contributed by atoms with Crippen LogP contribution in [0.3, 0.4) is 0 Å². The molecule has 0 aliphatic carbocycles. The summed E-state index contributed by atoms with van der Waals surface area (Å²) in [6.07, 6.45) is 3.77. The van der Waals surface area contributed by atoms with Crippen LogP contribution in [0.5, 0.6) is 0 Å². The van der Waals surface area contributed by atoms with Crippen molar-refractivity contribution in [1.82, 2.24) is 4.98 Å². The predicted octanol–water partition coefficient (Wildman–Crippen LogP) is 1.80. The standard InChI is InChI=1S/C8H13N3S/c1-2-3-8(9)11-5-7-4-10-6-12-7/h4,6H,2-3,5H2,1H3,(H2,9,11). The normalized spacial score (nSPS) is 11.9. The van der Waals surface area contributed by atoms with E-state index in [1.165, 1.54) is 0 Å². The molecule has 0 fully saturated rings. The number of amidine groups is 1. The van der Waals surface area contributed by atoms with Crippen LogP contribution in [-0.2, 0) is 6.54 Å². The van der Waals surface area contributed by atoms with Crippen molar-refractivity contribution in [2.75, 3.05) is 0 Å². The first kappa shape index (κ1) is 9.19. The number of aromatic nitrogens is 1. The lowest BCUT2D eigenvalue weighted by Gasteiger charge is -1.95. The van der Waals surface area contributed by atoms with Crippen LogP contribution >= 0.6 is 11.3 Å². The molecule has 0 aliphatic heterocycles. The second kappa shape index (κ2) is 4.87. The summed E-state index contributed by atoms with van der Waals surface area (Å²) >= 11 is 1.61. The smallest absolute Gasteiger partial charge is 0.0941 e. The number of nitrogens with two attached hydrogens (primary N) is 1. The average molecular weight is 183 g/mol. The Hall–Kier alpha value is -0.900. The molecule has 2 N–H and O–H groups in total. The molecule has 0 amide bonds. The maximum Gasteiger partial charge on any atom is 0.0941 e. The number of hydrogen-bond donors (Lipinski definition) is 1. The zero-order chi connectivity index (χ0) is 8.81. The fourth-order valence-corrected chi connectivity index (χ4v) is 1.35. The Kier molecular flexibility index (Phi) is 3.73. The second-order valence-electron chi connectivity index (χ2n) is 2.53. The van der Waals surface area contributed by atoms with Gasteiger partial charge in [0.1, 0.15) is 0 Å². The molecule has 0 saturated carbocycles.